The molecular weight excluding hydrogens is 306 g/mol. The van der Waals surface area contributed by atoms with Crippen molar-refractivity contribution in [1.82, 2.24) is 10.2 Å². The Morgan fingerprint density at radius 3 is 2.83 bits per heavy atom. The van der Waals surface area contributed by atoms with Crippen molar-refractivity contribution in [2.75, 3.05) is 11.1 Å². The molecular formula is C18H17N3OS. The minimum absolute atomic E-state index is 0.0431. The Bertz CT molecular complexity index is 859. The van der Waals surface area contributed by atoms with Crippen LogP contribution in [0.2, 0.25) is 0 Å². The van der Waals surface area contributed by atoms with Crippen molar-refractivity contribution in [2.24, 2.45) is 0 Å². The second kappa shape index (κ2) is 6.79. The van der Waals surface area contributed by atoms with Crippen molar-refractivity contribution in [2.45, 2.75) is 18.9 Å². The highest BCUT2D eigenvalue weighted by molar-refractivity contribution is 8.00. The van der Waals surface area contributed by atoms with Crippen LogP contribution in [0.1, 0.15) is 11.1 Å². The second-order valence-corrected chi connectivity index (χ2v) is 6.29. The van der Waals surface area contributed by atoms with Crippen LogP contribution in [0.4, 0.5) is 5.69 Å². The highest BCUT2D eigenvalue weighted by Crippen LogP contribution is 2.25. The van der Waals surface area contributed by atoms with Crippen molar-refractivity contribution in [1.29, 1.82) is 0 Å². The van der Waals surface area contributed by atoms with Gasteiger partial charge in [-0.25, -0.2) is 0 Å². The zero-order valence-corrected chi connectivity index (χ0v) is 13.9. The number of aryl methyl sites for hydroxylation is 1. The van der Waals surface area contributed by atoms with Gasteiger partial charge in [-0.2, -0.15) is 5.10 Å². The minimum Gasteiger partial charge on any atom is -0.325 e. The molecule has 0 saturated carbocycles. The lowest BCUT2D eigenvalue weighted by Crippen LogP contribution is -2.15. The standard InChI is InChI=1S/C18H17N3OS/c1-12-6-5-9-16(13(12)2)20-17(22)11-23-18-15-8-4-3-7-14(15)10-19-21-18/h3-10H,11H2,1-2H3,(H,20,22). The SMILES string of the molecule is Cc1cccc(NC(=O)CSc2nncc3ccccc23)c1C. The van der Waals surface area contributed by atoms with E-state index in [2.05, 4.69) is 15.5 Å². The topological polar surface area (TPSA) is 54.9 Å². The Hall–Kier alpha value is -2.40. The van der Waals surface area contributed by atoms with Gasteiger partial charge in [-0.3, -0.25) is 4.79 Å². The predicted molar refractivity (Wildman–Crippen MR) is 94.8 cm³/mol. The molecule has 3 aromatic rings. The van der Waals surface area contributed by atoms with Gasteiger partial charge in [-0.05, 0) is 31.0 Å². The highest BCUT2D eigenvalue weighted by atomic mass is 32.2. The summed E-state index contributed by atoms with van der Waals surface area (Å²) in [5.41, 5.74) is 3.12. The van der Waals surface area contributed by atoms with E-state index in [1.807, 2.05) is 56.3 Å². The molecule has 0 atom stereocenters. The van der Waals surface area contributed by atoms with Crippen LogP contribution in [0.25, 0.3) is 10.8 Å². The second-order valence-electron chi connectivity index (χ2n) is 5.32. The van der Waals surface area contributed by atoms with Gasteiger partial charge < -0.3 is 5.32 Å². The smallest absolute Gasteiger partial charge is 0.234 e. The quantitative estimate of drug-likeness (QED) is 0.738. The minimum atomic E-state index is -0.0431. The number of anilines is 1. The Balaban J connectivity index is 1.70. The van der Waals surface area contributed by atoms with Crippen LogP contribution >= 0.6 is 11.8 Å². The Kier molecular flexibility index (Phi) is 4.57. The van der Waals surface area contributed by atoms with Gasteiger partial charge in [0.2, 0.25) is 5.91 Å². The number of hydrogen-bond acceptors (Lipinski definition) is 4. The molecule has 0 spiro atoms. The molecule has 0 aliphatic heterocycles. The van der Waals surface area contributed by atoms with E-state index in [9.17, 15) is 4.79 Å². The summed E-state index contributed by atoms with van der Waals surface area (Å²) in [6.45, 7) is 4.04. The number of fused-ring (bicyclic) bond motifs is 1. The summed E-state index contributed by atoms with van der Waals surface area (Å²) in [4.78, 5) is 12.2. The number of aromatic nitrogens is 2. The molecule has 5 heteroatoms. The molecule has 0 aliphatic carbocycles. The third-order valence-corrected chi connectivity index (χ3v) is 4.74. The van der Waals surface area contributed by atoms with Crippen LogP contribution in [-0.2, 0) is 4.79 Å². The molecule has 3 rings (SSSR count). The van der Waals surface area contributed by atoms with Gasteiger partial charge in [0, 0.05) is 16.5 Å². The predicted octanol–water partition coefficient (Wildman–Crippen LogP) is 3.98. The van der Waals surface area contributed by atoms with Gasteiger partial charge in [0.25, 0.3) is 0 Å². The van der Waals surface area contributed by atoms with E-state index in [-0.39, 0.29) is 5.91 Å². The van der Waals surface area contributed by atoms with Gasteiger partial charge in [0.1, 0.15) is 5.03 Å². The fraction of sp³-hybridized carbons (Fsp3) is 0.167. The van der Waals surface area contributed by atoms with Gasteiger partial charge in [-0.15, -0.1) is 5.10 Å². The average Bonchev–Trinajstić information content (AvgIpc) is 2.57. The number of thioether (sulfide) groups is 1. The van der Waals surface area contributed by atoms with Crippen LogP contribution in [-0.4, -0.2) is 21.9 Å². The van der Waals surface area contributed by atoms with Crippen molar-refractivity contribution in [3.8, 4) is 0 Å². The van der Waals surface area contributed by atoms with Crippen LogP contribution in [0.3, 0.4) is 0 Å². The summed E-state index contributed by atoms with van der Waals surface area (Å²) in [5, 5.41) is 13.9. The molecule has 1 amide bonds. The molecule has 1 heterocycles. The number of hydrogen-bond donors (Lipinski definition) is 1. The van der Waals surface area contributed by atoms with E-state index in [0.29, 0.717) is 5.75 Å². The monoisotopic (exact) mass is 323 g/mol. The Labute approximate surface area is 139 Å². The number of nitrogens with one attached hydrogen (secondary N) is 1. The van der Waals surface area contributed by atoms with Gasteiger partial charge in [-0.1, -0.05) is 48.2 Å². The Morgan fingerprint density at radius 2 is 1.96 bits per heavy atom. The maximum Gasteiger partial charge on any atom is 0.234 e. The van der Waals surface area contributed by atoms with Crippen LogP contribution in [0, 0.1) is 13.8 Å². The summed E-state index contributed by atoms with van der Waals surface area (Å²) < 4.78 is 0. The van der Waals surface area contributed by atoms with Crippen molar-refractivity contribution in [3.63, 3.8) is 0 Å². The molecule has 23 heavy (non-hydrogen) atoms. The first-order valence-corrected chi connectivity index (χ1v) is 8.33. The largest absolute Gasteiger partial charge is 0.325 e. The van der Waals surface area contributed by atoms with Crippen LogP contribution in [0.5, 0.6) is 0 Å². The molecule has 0 saturated heterocycles. The van der Waals surface area contributed by atoms with Crippen LogP contribution < -0.4 is 5.32 Å². The van der Waals surface area contributed by atoms with E-state index >= 15 is 0 Å². The lowest BCUT2D eigenvalue weighted by atomic mass is 10.1. The fourth-order valence-corrected chi connectivity index (χ4v) is 3.10. The number of rotatable bonds is 4. The summed E-state index contributed by atoms with van der Waals surface area (Å²) in [6.07, 6.45) is 1.73. The molecule has 2 aromatic carbocycles. The normalized spacial score (nSPS) is 10.7. The van der Waals surface area contributed by atoms with Crippen molar-refractivity contribution in [3.05, 3.63) is 59.8 Å². The van der Waals surface area contributed by atoms with Gasteiger partial charge in [0.05, 0.1) is 11.9 Å². The summed E-state index contributed by atoms with van der Waals surface area (Å²) in [7, 11) is 0. The average molecular weight is 323 g/mol. The molecule has 0 radical (unpaired) electrons. The first-order valence-electron chi connectivity index (χ1n) is 7.34. The molecule has 4 nitrogen and oxygen atoms in total. The maximum atomic E-state index is 12.2. The fourth-order valence-electron chi connectivity index (χ4n) is 2.32. The van der Waals surface area contributed by atoms with Gasteiger partial charge >= 0.3 is 0 Å². The van der Waals surface area contributed by atoms with E-state index < -0.39 is 0 Å². The van der Waals surface area contributed by atoms with E-state index in [4.69, 9.17) is 0 Å². The van der Waals surface area contributed by atoms with E-state index in [1.54, 1.807) is 6.20 Å². The first-order chi connectivity index (χ1) is 11.1. The summed E-state index contributed by atoms with van der Waals surface area (Å²) in [6, 6.07) is 13.8. The van der Waals surface area contributed by atoms with Gasteiger partial charge in [0.15, 0.2) is 0 Å². The number of nitrogens with zero attached hydrogens (tertiary/aromatic N) is 2. The molecule has 0 aliphatic rings. The molecule has 1 N–H and O–H groups in total. The molecule has 0 bridgehead atoms. The van der Waals surface area contributed by atoms with E-state index in [0.717, 1.165) is 32.6 Å². The zero-order chi connectivity index (χ0) is 16.2. The Morgan fingerprint density at radius 1 is 1.13 bits per heavy atom. The number of amides is 1. The lowest BCUT2D eigenvalue weighted by Gasteiger charge is -2.10. The molecule has 0 fully saturated rings. The van der Waals surface area contributed by atoms with Crippen molar-refractivity contribution < 1.29 is 4.79 Å². The van der Waals surface area contributed by atoms with E-state index in [1.165, 1.54) is 11.8 Å². The summed E-state index contributed by atoms with van der Waals surface area (Å²) in [5.74, 6) is 0.259. The van der Waals surface area contributed by atoms with Crippen LogP contribution in [0.15, 0.2) is 53.7 Å². The zero-order valence-electron chi connectivity index (χ0n) is 13.0. The third-order valence-electron chi connectivity index (χ3n) is 3.76. The third kappa shape index (κ3) is 3.51. The lowest BCUT2D eigenvalue weighted by molar-refractivity contribution is -0.113. The number of carbonyl (C=O) groups excluding carboxylic acids is 1. The first kappa shape index (κ1) is 15.5. The molecule has 116 valence electrons. The van der Waals surface area contributed by atoms with Crippen molar-refractivity contribution >= 4 is 34.1 Å². The number of carbonyl (C=O) groups is 1. The summed E-state index contributed by atoms with van der Waals surface area (Å²) >= 11 is 1.40. The number of benzene rings is 2. The molecule has 1 aromatic heterocycles. The molecule has 0 unspecified atom stereocenters. The maximum absolute atomic E-state index is 12.2. The highest BCUT2D eigenvalue weighted by Gasteiger charge is 2.09.